The number of rotatable bonds is 4. The minimum absolute atomic E-state index is 0.0759. The molecule has 0 amide bonds. The Hall–Kier alpha value is -1.62. The van der Waals surface area contributed by atoms with Crippen molar-refractivity contribution < 1.29 is 4.42 Å². The maximum Gasteiger partial charge on any atom is 0.211 e. The molecule has 0 aromatic carbocycles. The number of aromatic amines is 1. The summed E-state index contributed by atoms with van der Waals surface area (Å²) >= 11 is 0. The molecule has 0 aliphatic heterocycles. The zero-order valence-corrected chi connectivity index (χ0v) is 9.69. The van der Waals surface area contributed by atoms with E-state index in [-0.39, 0.29) is 12.1 Å². The highest BCUT2D eigenvalue weighted by Crippen LogP contribution is 2.17. The summed E-state index contributed by atoms with van der Waals surface area (Å²) in [4.78, 5) is 4.20. The number of nitrogens with one attached hydrogen (secondary N) is 2. The van der Waals surface area contributed by atoms with E-state index in [4.69, 9.17) is 4.42 Å². The average Bonchev–Trinajstić information content (AvgIpc) is 2.87. The topological polar surface area (TPSA) is 66.7 Å². The second-order valence-electron chi connectivity index (χ2n) is 3.93. The quantitative estimate of drug-likeness (QED) is 0.828. The molecule has 2 rings (SSSR count). The lowest BCUT2D eigenvalue weighted by Crippen LogP contribution is -2.23. The third-order valence-electron chi connectivity index (χ3n) is 2.50. The molecule has 2 unspecified atom stereocenters. The van der Waals surface area contributed by atoms with Gasteiger partial charge in [-0.1, -0.05) is 0 Å². The molecule has 0 saturated carbocycles. The van der Waals surface area contributed by atoms with Gasteiger partial charge in [-0.2, -0.15) is 5.10 Å². The molecule has 86 valence electrons. The van der Waals surface area contributed by atoms with Crippen molar-refractivity contribution in [2.75, 3.05) is 0 Å². The minimum Gasteiger partial charge on any atom is -0.444 e. The van der Waals surface area contributed by atoms with E-state index in [1.165, 1.54) is 0 Å². The normalized spacial score (nSPS) is 14.9. The van der Waals surface area contributed by atoms with Gasteiger partial charge in [0.1, 0.15) is 5.76 Å². The monoisotopic (exact) mass is 220 g/mol. The van der Waals surface area contributed by atoms with E-state index in [2.05, 4.69) is 27.4 Å². The lowest BCUT2D eigenvalue weighted by Gasteiger charge is -2.16. The minimum atomic E-state index is 0.0759. The Morgan fingerprint density at radius 2 is 2.19 bits per heavy atom. The van der Waals surface area contributed by atoms with Crippen molar-refractivity contribution in [3.63, 3.8) is 0 Å². The lowest BCUT2D eigenvalue weighted by atomic mass is 10.2. The Balaban J connectivity index is 2.00. The van der Waals surface area contributed by atoms with Crippen molar-refractivity contribution in [3.8, 4) is 0 Å². The fraction of sp³-hybridized carbons (Fsp3) is 0.455. The standard InChI is InChI=1S/C11H16N4O/c1-7-6-12-11(16-7)9(3)14-8(2)10-4-5-13-15-10/h4-6,8-9,14H,1-3H3,(H,13,15). The Morgan fingerprint density at radius 1 is 1.38 bits per heavy atom. The fourth-order valence-corrected chi connectivity index (χ4v) is 1.62. The molecule has 2 heterocycles. The van der Waals surface area contributed by atoms with Gasteiger partial charge in [-0.3, -0.25) is 10.4 Å². The van der Waals surface area contributed by atoms with Gasteiger partial charge in [-0.05, 0) is 26.8 Å². The van der Waals surface area contributed by atoms with Crippen LogP contribution in [-0.4, -0.2) is 15.2 Å². The van der Waals surface area contributed by atoms with Gasteiger partial charge < -0.3 is 4.42 Å². The van der Waals surface area contributed by atoms with Gasteiger partial charge >= 0.3 is 0 Å². The second-order valence-corrected chi connectivity index (χ2v) is 3.93. The molecular formula is C11H16N4O. The molecule has 5 heteroatoms. The summed E-state index contributed by atoms with van der Waals surface area (Å²) in [5, 5.41) is 10.2. The SMILES string of the molecule is Cc1cnc(C(C)NC(C)c2ccn[nH]2)o1. The summed E-state index contributed by atoms with van der Waals surface area (Å²) in [7, 11) is 0. The highest BCUT2D eigenvalue weighted by atomic mass is 16.4. The van der Waals surface area contributed by atoms with Crippen molar-refractivity contribution in [2.24, 2.45) is 0 Å². The summed E-state index contributed by atoms with van der Waals surface area (Å²) in [6.45, 7) is 5.99. The van der Waals surface area contributed by atoms with E-state index in [1.54, 1.807) is 12.4 Å². The maximum absolute atomic E-state index is 5.46. The summed E-state index contributed by atoms with van der Waals surface area (Å²) in [5.74, 6) is 1.54. The largest absolute Gasteiger partial charge is 0.444 e. The van der Waals surface area contributed by atoms with Gasteiger partial charge in [-0.15, -0.1) is 0 Å². The van der Waals surface area contributed by atoms with E-state index in [0.29, 0.717) is 5.89 Å². The smallest absolute Gasteiger partial charge is 0.211 e. The first-order chi connectivity index (χ1) is 7.66. The Bertz CT molecular complexity index is 435. The first kappa shape index (κ1) is 10.9. The molecule has 0 bridgehead atoms. The zero-order chi connectivity index (χ0) is 11.5. The van der Waals surface area contributed by atoms with E-state index in [0.717, 1.165) is 11.5 Å². The maximum atomic E-state index is 5.46. The van der Waals surface area contributed by atoms with Gasteiger partial charge in [0.15, 0.2) is 0 Å². The average molecular weight is 220 g/mol. The van der Waals surface area contributed by atoms with Crippen LogP contribution in [-0.2, 0) is 0 Å². The number of aromatic nitrogens is 3. The van der Waals surface area contributed by atoms with Gasteiger partial charge in [0.05, 0.1) is 17.9 Å². The number of hydrogen-bond donors (Lipinski definition) is 2. The number of aryl methyl sites for hydroxylation is 1. The van der Waals surface area contributed by atoms with Gasteiger partial charge in [0.2, 0.25) is 5.89 Å². The predicted octanol–water partition coefficient (Wildman–Crippen LogP) is 2.12. The van der Waals surface area contributed by atoms with Crippen LogP contribution < -0.4 is 5.32 Å². The van der Waals surface area contributed by atoms with Crippen LogP contribution in [0.2, 0.25) is 0 Å². The molecular weight excluding hydrogens is 204 g/mol. The molecule has 2 aromatic rings. The zero-order valence-electron chi connectivity index (χ0n) is 9.69. The Labute approximate surface area is 94.3 Å². The van der Waals surface area contributed by atoms with E-state index in [1.807, 2.05) is 19.9 Å². The molecule has 2 aromatic heterocycles. The van der Waals surface area contributed by atoms with E-state index < -0.39 is 0 Å². The second kappa shape index (κ2) is 4.49. The van der Waals surface area contributed by atoms with Crippen LogP contribution in [0.25, 0.3) is 0 Å². The molecule has 5 nitrogen and oxygen atoms in total. The molecule has 0 saturated heterocycles. The van der Waals surface area contributed by atoms with E-state index in [9.17, 15) is 0 Å². The van der Waals surface area contributed by atoms with Crippen LogP contribution in [0.5, 0.6) is 0 Å². The van der Waals surface area contributed by atoms with Crippen LogP contribution in [0.4, 0.5) is 0 Å². The fourth-order valence-electron chi connectivity index (χ4n) is 1.62. The lowest BCUT2D eigenvalue weighted by molar-refractivity contribution is 0.378. The number of nitrogens with zero attached hydrogens (tertiary/aromatic N) is 2. The van der Waals surface area contributed by atoms with Gasteiger partial charge in [0.25, 0.3) is 0 Å². The molecule has 0 spiro atoms. The van der Waals surface area contributed by atoms with Crippen molar-refractivity contribution in [1.82, 2.24) is 20.5 Å². The van der Waals surface area contributed by atoms with Crippen LogP contribution in [0, 0.1) is 6.92 Å². The molecule has 0 fully saturated rings. The number of hydrogen-bond acceptors (Lipinski definition) is 4. The van der Waals surface area contributed by atoms with Gasteiger partial charge in [-0.25, -0.2) is 4.98 Å². The predicted molar refractivity (Wildman–Crippen MR) is 59.8 cm³/mol. The van der Waals surface area contributed by atoms with Crippen LogP contribution in [0.3, 0.4) is 0 Å². The van der Waals surface area contributed by atoms with Crippen LogP contribution >= 0.6 is 0 Å². The van der Waals surface area contributed by atoms with Crippen LogP contribution in [0.1, 0.15) is 43.3 Å². The highest BCUT2D eigenvalue weighted by Gasteiger charge is 2.15. The molecule has 2 N–H and O–H groups in total. The molecule has 0 radical (unpaired) electrons. The van der Waals surface area contributed by atoms with Crippen molar-refractivity contribution in [2.45, 2.75) is 32.9 Å². The van der Waals surface area contributed by atoms with Crippen molar-refractivity contribution in [1.29, 1.82) is 0 Å². The Kier molecular flexibility index (Phi) is 3.05. The summed E-state index contributed by atoms with van der Waals surface area (Å²) in [6, 6.07) is 2.21. The molecule has 0 aliphatic rings. The Morgan fingerprint density at radius 3 is 2.75 bits per heavy atom. The summed E-state index contributed by atoms with van der Waals surface area (Å²) in [5.41, 5.74) is 1.05. The highest BCUT2D eigenvalue weighted by molar-refractivity contribution is 5.04. The first-order valence-corrected chi connectivity index (χ1v) is 5.34. The molecule has 2 atom stereocenters. The molecule has 16 heavy (non-hydrogen) atoms. The molecule has 0 aliphatic carbocycles. The number of oxazole rings is 1. The van der Waals surface area contributed by atoms with E-state index >= 15 is 0 Å². The number of H-pyrrole nitrogens is 1. The van der Waals surface area contributed by atoms with Crippen molar-refractivity contribution in [3.05, 3.63) is 35.8 Å². The van der Waals surface area contributed by atoms with Crippen LogP contribution in [0.15, 0.2) is 22.9 Å². The summed E-state index contributed by atoms with van der Waals surface area (Å²) < 4.78 is 5.46. The first-order valence-electron chi connectivity index (χ1n) is 5.34. The van der Waals surface area contributed by atoms with Gasteiger partial charge in [0, 0.05) is 12.2 Å². The van der Waals surface area contributed by atoms with Crippen molar-refractivity contribution >= 4 is 0 Å². The third-order valence-corrected chi connectivity index (χ3v) is 2.50. The third kappa shape index (κ3) is 2.30. The summed E-state index contributed by atoms with van der Waals surface area (Å²) in [6.07, 6.45) is 3.47.